The Morgan fingerprint density at radius 1 is 1.28 bits per heavy atom. The first-order chi connectivity index (χ1) is 12.1. The van der Waals surface area contributed by atoms with E-state index < -0.39 is 5.97 Å². The molecule has 0 aliphatic carbocycles. The number of carbonyl (C=O) groups is 1. The Morgan fingerprint density at radius 2 is 2.04 bits per heavy atom. The lowest BCUT2D eigenvalue weighted by Crippen LogP contribution is -2.11. The van der Waals surface area contributed by atoms with Crippen molar-refractivity contribution in [2.24, 2.45) is 0 Å². The van der Waals surface area contributed by atoms with E-state index in [0.29, 0.717) is 11.0 Å². The van der Waals surface area contributed by atoms with Crippen molar-refractivity contribution in [3.8, 4) is 11.4 Å². The lowest BCUT2D eigenvalue weighted by atomic mass is 10.1. The zero-order valence-electron chi connectivity index (χ0n) is 14.0. The maximum Gasteiger partial charge on any atom is 0.313 e. The van der Waals surface area contributed by atoms with E-state index in [4.69, 9.17) is 5.11 Å². The molecule has 0 fully saturated rings. The van der Waals surface area contributed by atoms with Crippen LogP contribution in [0.5, 0.6) is 0 Å². The Hall–Kier alpha value is -2.61. The second-order valence-corrected chi connectivity index (χ2v) is 6.47. The molecule has 0 saturated carbocycles. The molecule has 1 atom stereocenters. The number of carboxylic acid groups (broad SMARTS) is 1. The summed E-state index contributed by atoms with van der Waals surface area (Å²) in [5, 5.41) is 22.4. The first-order valence-corrected chi connectivity index (χ1v) is 8.96. The van der Waals surface area contributed by atoms with Crippen LogP contribution < -0.4 is 0 Å². The van der Waals surface area contributed by atoms with Gasteiger partial charge < -0.3 is 5.11 Å². The van der Waals surface area contributed by atoms with Gasteiger partial charge in [-0.2, -0.15) is 5.10 Å². The molecule has 3 rings (SSSR count). The summed E-state index contributed by atoms with van der Waals surface area (Å²) in [6.07, 6.45) is 3.68. The van der Waals surface area contributed by atoms with E-state index in [9.17, 15) is 4.79 Å². The van der Waals surface area contributed by atoms with Crippen LogP contribution in [0.15, 0.2) is 47.9 Å². The third-order valence-electron chi connectivity index (χ3n) is 3.87. The highest BCUT2D eigenvalue weighted by molar-refractivity contribution is 7.99. The number of carboxylic acids is 1. The van der Waals surface area contributed by atoms with Gasteiger partial charge >= 0.3 is 5.97 Å². The molecule has 0 aliphatic heterocycles. The molecule has 0 spiro atoms. The van der Waals surface area contributed by atoms with Gasteiger partial charge in [-0.3, -0.25) is 14.0 Å². The maximum atomic E-state index is 11.0. The van der Waals surface area contributed by atoms with Crippen LogP contribution in [-0.4, -0.2) is 41.4 Å². The van der Waals surface area contributed by atoms with Crippen LogP contribution in [0.25, 0.3) is 11.4 Å². The molecule has 2 heterocycles. The standard InChI is InChI=1S/C17H19N5O2S/c1-3-21-10-14(9-18-21)16-19-20-17(25-11-15(23)24)22(16)12(2)13-7-5-4-6-8-13/h4-10,12H,3,11H2,1-2H3,(H,23,24)/t12-/m1/s1. The molecule has 0 saturated heterocycles. The van der Waals surface area contributed by atoms with E-state index >= 15 is 0 Å². The van der Waals surface area contributed by atoms with E-state index in [1.165, 1.54) is 11.8 Å². The summed E-state index contributed by atoms with van der Waals surface area (Å²) in [6, 6.07) is 9.97. The van der Waals surface area contributed by atoms with E-state index in [2.05, 4.69) is 22.2 Å². The molecule has 0 amide bonds. The molecule has 130 valence electrons. The lowest BCUT2D eigenvalue weighted by Gasteiger charge is -2.17. The summed E-state index contributed by atoms with van der Waals surface area (Å²) in [6.45, 7) is 4.84. The van der Waals surface area contributed by atoms with Crippen LogP contribution in [0.1, 0.15) is 25.5 Å². The molecule has 0 radical (unpaired) electrons. The van der Waals surface area contributed by atoms with Gasteiger partial charge in [0, 0.05) is 12.7 Å². The van der Waals surface area contributed by atoms with Crippen LogP contribution >= 0.6 is 11.8 Å². The van der Waals surface area contributed by atoms with Gasteiger partial charge in [-0.15, -0.1) is 10.2 Å². The largest absolute Gasteiger partial charge is 0.481 e. The van der Waals surface area contributed by atoms with Gasteiger partial charge in [-0.1, -0.05) is 42.1 Å². The van der Waals surface area contributed by atoms with Crippen LogP contribution in [0.4, 0.5) is 0 Å². The highest BCUT2D eigenvalue weighted by Crippen LogP contribution is 2.30. The minimum absolute atomic E-state index is 0.0347. The van der Waals surface area contributed by atoms with E-state index in [-0.39, 0.29) is 11.8 Å². The first kappa shape index (κ1) is 17.2. The Kier molecular flexibility index (Phi) is 5.18. The molecule has 1 N–H and O–H groups in total. The normalized spacial score (nSPS) is 12.2. The zero-order valence-corrected chi connectivity index (χ0v) is 14.8. The summed E-state index contributed by atoms with van der Waals surface area (Å²) in [5.41, 5.74) is 1.96. The molecule has 8 heteroatoms. The number of hydrogen-bond acceptors (Lipinski definition) is 5. The first-order valence-electron chi connectivity index (χ1n) is 7.97. The number of thioether (sulfide) groups is 1. The van der Waals surface area contributed by atoms with Crippen LogP contribution in [0, 0.1) is 0 Å². The van der Waals surface area contributed by atoms with E-state index in [1.54, 1.807) is 6.20 Å². The second-order valence-electron chi connectivity index (χ2n) is 5.53. The zero-order chi connectivity index (χ0) is 17.8. The van der Waals surface area contributed by atoms with Crippen LogP contribution in [0.2, 0.25) is 0 Å². The van der Waals surface area contributed by atoms with E-state index in [0.717, 1.165) is 17.7 Å². The van der Waals surface area contributed by atoms with Crippen molar-refractivity contribution in [2.75, 3.05) is 5.75 Å². The Morgan fingerprint density at radius 3 is 2.68 bits per heavy atom. The Labute approximate surface area is 149 Å². The maximum absolute atomic E-state index is 11.0. The van der Waals surface area contributed by atoms with Gasteiger partial charge in [-0.25, -0.2) is 0 Å². The number of aromatic nitrogens is 5. The third kappa shape index (κ3) is 3.74. The van der Waals surface area contributed by atoms with Gasteiger partial charge in [0.1, 0.15) is 0 Å². The number of aliphatic carboxylic acids is 1. The molecule has 25 heavy (non-hydrogen) atoms. The van der Waals surface area contributed by atoms with Gasteiger partial charge in [0.25, 0.3) is 0 Å². The summed E-state index contributed by atoms with van der Waals surface area (Å²) >= 11 is 1.17. The number of nitrogens with zero attached hydrogens (tertiary/aromatic N) is 5. The molecular weight excluding hydrogens is 338 g/mol. The van der Waals surface area contributed by atoms with Gasteiger partial charge in [0.2, 0.25) is 0 Å². The fourth-order valence-electron chi connectivity index (χ4n) is 2.58. The molecule has 0 bridgehead atoms. The Bertz CT molecular complexity index is 859. The topological polar surface area (TPSA) is 85.8 Å². The fourth-order valence-corrected chi connectivity index (χ4v) is 3.32. The van der Waals surface area contributed by atoms with Crippen molar-refractivity contribution in [1.29, 1.82) is 0 Å². The number of hydrogen-bond donors (Lipinski definition) is 1. The average Bonchev–Trinajstić information content (AvgIpc) is 3.26. The quantitative estimate of drug-likeness (QED) is 0.654. The SMILES string of the molecule is CCn1cc(-c2nnc(SCC(=O)O)n2[C@H](C)c2ccccc2)cn1. The van der Waals surface area contributed by atoms with Crippen LogP contribution in [0.3, 0.4) is 0 Å². The monoisotopic (exact) mass is 357 g/mol. The predicted molar refractivity (Wildman–Crippen MR) is 95.5 cm³/mol. The molecule has 0 aliphatic rings. The number of aryl methyl sites for hydroxylation is 1. The van der Waals surface area contributed by atoms with Gasteiger partial charge in [0.15, 0.2) is 11.0 Å². The molecule has 3 aromatic rings. The third-order valence-corrected chi connectivity index (χ3v) is 4.80. The minimum atomic E-state index is -0.882. The average molecular weight is 357 g/mol. The summed E-state index contributed by atoms with van der Waals surface area (Å²) in [5.74, 6) is -0.260. The van der Waals surface area contributed by atoms with Gasteiger partial charge in [0.05, 0.1) is 23.6 Å². The predicted octanol–water partition coefficient (Wildman–Crippen LogP) is 2.95. The second kappa shape index (κ2) is 7.52. The van der Waals surface area contributed by atoms with Crippen molar-refractivity contribution in [3.63, 3.8) is 0 Å². The number of rotatable bonds is 7. The van der Waals surface area contributed by atoms with E-state index in [1.807, 2.05) is 52.7 Å². The smallest absolute Gasteiger partial charge is 0.313 e. The highest BCUT2D eigenvalue weighted by Gasteiger charge is 2.21. The molecule has 2 aromatic heterocycles. The van der Waals surface area contributed by atoms with Crippen molar-refractivity contribution < 1.29 is 9.90 Å². The summed E-state index contributed by atoms with van der Waals surface area (Å²) in [7, 11) is 0. The molecule has 7 nitrogen and oxygen atoms in total. The van der Waals surface area contributed by atoms with Crippen molar-refractivity contribution in [2.45, 2.75) is 31.6 Å². The highest BCUT2D eigenvalue weighted by atomic mass is 32.2. The fraction of sp³-hybridized carbons (Fsp3) is 0.294. The number of benzene rings is 1. The van der Waals surface area contributed by atoms with Crippen molar-refractivity contribution >= 4 is 17.7 Å². The lowest BCUT2D eigenvalue weighted by molar-refractivity contribution is -0.133. The van der Waals surface area contributed by atoms with Crippen LogP contribution in [-0.2, 0) is 11.3 Å². The summed E-state index contributed by atoms with van der Waals surface area (Å²) in [4.78, 5) is 11.0. The summed E-state index contributed by atoms with van der Waals surface area (Å²) < 4.78 is 3.80. The van der Waals surface area contributed by atoms with Gasteiger partial charge in [-0.05, 0) is 19.4 Å². The molecule has 1 aromatic carbocycles. The van der Waals surface area contributed by atoms with Crippen molar-refractivity contribution in [3.05, 3.63) is 48.3 Å². The minimum Gasteiger partial charge on any atom is -0.481 e. The Balaban J connectivity index is 2.04. The van der Waals surface area contributed by atoms with Crippen molar-refractivity contribution in [1.82, 2.24) is 24.5 Å². The molecular formula is C17H19N5O2S. The molecule has 0 unspecified atom stereocenters.